The molecule has 0 spiro atoms. The molecule has 1 aliphatic rings. The average molecular weight is 501 g/mol. The maximum atomic E-state index is 14.7. The zero-order valence-corrected chi connectivity index (χ0v) is 21.1. The SMILES string of the molecule is CC(C)c1ccccc1-n1c(=O)cc(N2CCN(C(=O)O)CC2C)c2ccc(-c3ccccc3F)nc21. The number of amides is 1. The molecule has 0 saturated carbocycles. The van der Waals surface area contributed by atoms with Crippen LogP contribution in [0.1, 0.15) is 32.3 Å². The molecule has 3 heterocycles. The molecular formula is C29H29FN4O3. The van der Waals surface area contributed by atoms with Crippen molar-refractivity contribution in [2.45, 2.75) is 32.7 Å². The molecule has 2 aromatic heterocycles. The van der Waals surface area contributed by atoms with E-state index in [4.69, 9.17) is 4.98 Å². The molecule has 0 aliphatic carbocycles. The van der Waals surface area contributed by atoms with Crippen LogP contribution in [0.4, 0.5) is 14.9 Å². The summed E-state index contributed by atoms with van der Waals surface area (Å²) in [5.41, 5.74) is 3.41. The lowest BCUT2D eigenvalue weighted by molar-refractivity contribution is 0.136. The lowest BCUT2D eigenvalue weighted by Gasteiger charge is -2.40. The molecule has 0 radical (unpaired) electrons. The van der Waals surface area contributed by atoms with Gasteiger partial charge >= 0.3 is 6.09 Å². The van der Waals surface area contributed by atoms with Gasteiger partial charge in [-0.25, -0.2) is 14.2 Å². The van der Waals surface area contributed by atoms with Gasteiger partial charge in [0.05, 0.1) is 17.1 Å². The molecule has 8 heteroatoms. The van der Waals surface area contributed by atoms with E-state index in [0.717, 1.165) is 16.6 Å². The number of anilines is 1. The summed E-state index contributed by atoms with van der Waals surface area (Å²) < 4.78 is 16.3. The number of rotatable bonds is 4. The molecule has 1 N–H and O–H groups in total. The van der Waals surface area contributed by atoms with Crippen LogP contribution in [0.5, 0.6) is 0 Å². The molecule has 5 rings (SSSR count). The minimum absolute atomic E-state index is 0.141. The van der Waals surface area contributed by atoms with Crippen molar-refractivity contribution in [1.82, 2.24) is 14.5 Å². The maximum absolute atomic E-state index is 14.7. The van der Waals surface area contributed by atoms with Gasteiger partial charge in [-0.3, -0.25) is 9.36 Å². The number of pyridine rings is 2. The van der Waals surface area contributed by atoms with Gasteiger partial charge in [-0.1, -0.05) is 44.2 Å². The molecule has 190 valence electrons. The first-order valence-corrected chi connectivity index (χ1v) is 12.4. The van der Waals surface area contributed by atoms with Crippen molar-refractivity contribution in [2.75, 3.05) is 24.5 Å². The summed E-state index contributed by atoms with van der Waals surface area (Å²) in [4.78, 5) is 33.6. The third-order valence-corrected chi connectivity index (χ3v) is 7.00. The lowest BCUT2D eigenvalue weighted by Crippen LogP contribution is -2.53. The van der Waals surface area contributed by atoms with Crippen LogP contribution in [-0.4, -0.2) is 51.3 Å². The molecule has 1 fully saturated rings. The second-order valence-corrected chi connectivity index (χ2v) is 9.74. The summed E-state index contributed by atoms with van der Waals surface area (Å²) in [7, 11) is 0. The minimum Gasteiger partial charge on any atom is -0.465 e. The number of carbonyl (C=O) groups is 1. The molecule has 37 heavy (non-hydrogen) atoms. The summed E-state index contributed by atoms with van der Waals surface area (Å²) >= 11 is 0. The van der Waals surface area contributed by atoms with E-state index in [1.54, 1.807) is 34.9 Å². The number of hydrogen-bond acceptors (Lipinski definition) is 4. The Balaban J connectivity index is 1.77. The summed E-state index contributed by atoms with van der Waals surface area (Å²) in [5.74, 6) is -0.225. The molecule has 1 aliphatic heterocycles. The predicted octanol–water partition coefficient (Wildman–Crippen LogP) is 5.50. The highest BCUT2D eigenvalue weighted by Crippen LogP contribution is 2.33. The fourth-order valence-electron chi connectivity index (χ4n) is 5.14. The van der Waals surface area contributed by atoms with E-state index >= 15 is 0 Å². The second-order valence-electron chi connectivity index (χ2n) is 9.74. The zero-order chi connectivity index (χ0) is 26.3. The number of halogens is 1. The molecule has 0 bridgehead atoms. The average Bonchev–Trinajstić information content (AvgIpc) is 2.88. The Labute approximate surface area is 214 Å². The van der Waals surface area contributed by atoms with E-state index in [2.05, 4.69) is 18.7 Å². The number of nitrogens with zero attached hydrogens (tertiary/aromatic N) is 4. The largest absolute Gasteiger partial charge is 0.465 e. The number of hydrogen-bond donors (Lipinski definition) is 1. The standard InChI is InChI=1S/C29H29FN4O3/c1-18(2)20-8-5-7-11-25(20)34-27(35)16-26(33-15-14-32(29(36)37)17-19(33)3)22-12-13-24(31-28(22)34)21-9-4-6-10-23(21)30/h4-13,16,18-19H,14-15,17H2,1-3H3,(H,36,37). The van der Waals surface area contributed by atoms with Crippen LogP contribution < -0.4 is 10.5 Å². The molecule has 1 amide bonds. The second kappa shape index (κ2) is 9.69. The topological polar surface area (TPSA) is 78.7 Å². The first-order valence-electron chi connectivity index (χ1n) is 12.4. The van der Waals surface area contributed by atoms with Crippen LogP contribution in [0.15, 0.2) is 71.5 Å². The van der Waals surface area contributed by atoms with Crippen molar-refractivity contribution in [1.29, 1.82) is 0 Å². The number of para-hydroxylation sites is 1. The Morgan fingerprint density at radius 1 is 1.03 bits per heavy atom. The van der Waals surface area contributed by atoms with Gasteiger partial charge in [0.1, 0.15) is 11.5 Å². The van der Waals surface area contributed by atoms with Crippen LogP contribution in [0, 0.1) is 5.82 Å². The predicted molar refractivity (Wildman–Crippen MR) is 143 cm³/mol. The monoisotopic (exact) mass is 500 g/mol. The van der Waals surface area contributed by atoms with Crippen LogP contribution in [0.25, 0.3) is 28.0 Å². The number of fused-ring (bicyclic) bond motifs is 1. The first kappa shape index (κ1) is 24.5. The van der Waals surface area contributed by atoms with Gasteiger partial charge in [0.2, 0.25) is 0 Å². The Kier molecular flexibility index (Phi) is 6.41. The van der Waals surface area contributed by atoms with Crippen LogP contribution >= 0.6 is 0 Å². The van der Waals surface area contributed by atoms with E-state index in [0.29, 0.717) is 42.2 Å². The van der Waals surface area contributed by atoms with Crippen molar-refractivity contribution in [2.24, 2.45) is 0 Å². The minimum atomic E-state index is -0.951. The highest BCUT2D eigenvalue weighted by Gasteiger charge is 2.29. The Bertz CT molecular complexity index is 1550. The van der Waals surface area contributed by atoms with Crippen molar-refractivity contribution >= 4 is 22.8 Å². The van der Waals surface area contributed by atoms with Gasteiger partial charge < -0.3 is 14.9 Å². The summed E-state index contributed by atoms with van der Waals surface area (Å²) in [6, 6.07) is 19.3. The van der Waals surface area contributed by atoms with Crippen molar-refractivity contribution in [3.8, 4) is 16.9 Å². The number of aromatic nitrogens is 2. The Hall–Kier alpha value is -4.20. The number of piperazine rings is 1. The van der Waals surface area contributed by atoms with Gasteiger partial charge in [-0.15, -0.1) is 0 Å². The van der Waals surface area contributed by atoms with Crippen LogP contribution in [0.3, 0.4) is 0 Å². The maximum Gasteiger partial charge on any atom is 0.407 e. The van der Waals surface area contributed by atoms with Crippen LogP contribution in [0.2, 0.25) is 0 Å². The Morgan fingerprint density at radius 3 is 2.46 bits per heavy atom. The number of benzene rings is 2. The summed E-state index contributed by atoms with van der Waals surface area (Å²) in [5, 5.41) is 10.2. The third-order valence-electron chi connectivity index (χ3n) is 7.00. The zero-order valence-electron chi connectivity index (χ0n) is 21.1. The van der Waals surface area contributed by atoms with Gasteiger partial charge in [0.25, 0.3) is 5.56 Å². The van der Waals surface area contributed by atoms with E-state index in [1.165, 1.54) is 11.0 Å². The lowest BCUT2D eigenvalue weighted by atomic mass is 10.0. The van der Waals surface area contributed by atoms with E-state index in [-0.39, 0.29) is 23.3 Å². The van der Waals surface area contributed by atoms with Gasteiger partial charge in [-0.2, -0.15) is 0 Å². The van der Waals surface area contributed by atoms with E-state index in [9.17, 15) is 19.1 Å². The molecule has 1 unspecified atom stereocenters. The quantitative estimate of drug-likeness (QED) is 0.400. The molecule has 1 atom stereocenters. The van der Waals surface area contributed by atoms with Gasteiger partial charge in [-0.05, 0) is 48.7 Å². The summed E-state index contributed by atoms with van der Waals surface area (Å²) in [6.07, 6.45) is -0.951. The highest BCUT2D eigenvalue weighted by atomic mass is 19.1. The van der Waals surface area contributed by atoms with Crippen LogP contribution in [-0.2, 0) is 0 Å². The first-order chi connectivity index (χ1) is 17.8. The molecule has 7 nitrogen and oxygen atoms in total. The third kappa shape index (κ3) is 4.43. The smallest absolute Gasteiger partial charge is 0.407 e. The molecule has 4 aromatic rings. The van der Waals surface area contributed by atoms with E-state index < -0.39 is 6.09 Å². The summed E-state index contributed by atoms with van der Waals surface area (Å²) in [6.45, 7) is 7.20. The fraction of sp³-hybridized carbons (Fsp3) is 0.276. The van der Waals surface area contributed by atoms with Crippen molar-refractivity contribution in [3.63, 3.8) is 0 Å². The molecule has 1 saturated heterocycles. The van der Waals surface area contributed by atoms with Gasteiger partial charge in [0.15, 0.2) is 0 Å². The number of carboxylic acid groups (broad SMARTS) is 1. The molecular weight excluding hydrogens is 471 g/mol. The normalized spacial score (nSPS) is 16.0. The Morgan fingerprint density at radius 2 is 1.76 bits per heavy atom. The fourth-order valence-corrected chi connectivity index (χ4v) is 5.14. The molecule has 2 aromatic carbocycles. The van der Waals surface area contributed by atoms with Crippen molar-refractivity contribution in [3.05, 3.63) is 88.5 Å². The highest BCUT2D eigenvalue weighted by molar-refractivity contribution is 5.92. The van der Waals surface area contributed by atoms with Gasteiger partial charge in [0, 0.05) is 42.7 Å². The van der Waals surface area contributed by atoms with Crippen molar-refractivity contribution < 1.29 is 14.3 Å². The van der Waals surface area contributed by atoms with E-state index in [1.807, 2.05) is 37.3 Å².